The van der Waals surface area contributed by atoms with Crippen LogP contribution in [0.4, 0.5) is 10.1 Å². The fourth-order valence-corrected chi connectivity index (χ4v) is 3.69. The first-order chi connectivity index (χ1) is 13.1. The summed E-state index contributed by atoms with van der Waals surface area (Å²) in [6.07, 6.45) is -0.00982. The summed E-state index contributed by atoms with van der Waals surface area (Å²) in [6.45, 7) is 0. The molecule has 0 unspecified atom stereocenters. The quantitative estimate of drug-likeness (QED) is 0.830. The molecule has 7 heteroatoms. The van der Waals surface area contributed by atoms with Crippen LogP contribution < -0.4 is 10.6 Å². The first kappa shape index (κ1) is 18.7. The molecule has 0 radical (unpaired) electrons. The van der Waals surface area contributed by atoms with Gasteiger partial charge in [0.1, 0.15) is 5.82 Å². The lowest BCUT2D eigenvalue weighted by Gasteiger charge is -2.25. The largest absolute Gasteiger partial charge is 0.325 e. The third-order valence-electron chi connectivity index (χ3n) is 4.04. The average Bonchev–Trinajstić information content (AvgIpc) is 2.67. The van der Waals surface area contributed by atoms with Crippen LogP contribution in [0.1, 0.15) is 17.9 Å². The van der Waals surface area contributed by atoms with Crippen molar-refractivity contribution < 1.29 is 14.0 Å². The molecule has 0 aromatic heterocycles. The fourth-order valence-electron chi connectivity index (χ4n) is 2.81. The zero-order valence-electron chi connectivity index (χ0n) is 14.2. The highest BCUT2D eigenvalue weighted by molar-refractivity contribution is 8.03. The van der Waals surface area contributed by atoms with Crippen LogP contribution in [0, 0.1) is 17.1 Å². The van der Waals surface area contributed by atoms with Gasteiger partial charge in [-0.25, -0.2) is 4.39 Å². The van der Waals surface area contributed by atoms with E-state index in [1.807, 2.05) is 6.07 Å². The molecule has 2 aromatic rings. The maximum absolute atomic E-state index is 14.2. The van der Waals surface area contributed by atoms with Crippen molar-refractivity contribution in [2.45, 2.75) is 12.3 Å². The Morgan fingerprint density at radius 1 is 1.22 bits per heavy atom. The summed E-state index contributed by atoms with van der Waals surface area (Å²) in [6, 6.07) is 17.1. The van der Waals surface area contributed by atoms with Crippen molar-refractivity contribution in [3.63, 3.8) is 0 Å². The molecule has 0 bridgehead atoms. The summed E-state index contributed by atoms with van der Waals surface area (Å²) in [5, 5.41) is 15.2. The van der Waals surface area contributed by atoms with Crippen LogP contribution in [-0.2, 0) is 9.59 Å². The Hall–Kier alpha value is -3.11. The molecule has 1 aliphatic heterocycles. The van der Waals surface area contributed by atoms with Crippen molar-refractivity contribution in [3.05, 3.63) is 76.6 Å². The van der Waals surface area contributed by atoms with Gasteiger partial charge < -0.3 is 10.6 Å². The Kier molecular flexibility index (Phi) is 5.89. The van der Waals surface area contributed by atoms with E-state index in [4.69, 9.17) is 0 Å². The predicted molar refractivity (Wildman–Crippen MR) is 102 cm³/mol. The summed E-state index contributed by atoms with van der Waals surface area (Å²) >= 11 is 1.06. The molecule has 0 saturated heterocycles. The molecular formula is C20H16FN3O2S. The summed E-state index contributed by atoms with van der Waals surface area (Å²) < 4.78 is 14.2. The van der Waals surface area contributed by atoms with Crippen LogP contribution >= 0.6 is 11.8 Å². The van der Waals surface area contributed by atoms with Crippen LogP contribution in [0.25, 0.3) is 0 Å². The van der Waals surface area contributed by atoms with Crippen molar-refractivity contribution in [2.24, 2.45) is 0 Å². The molecule has 2 aromatic carbocycles. The minimum atomic E-state index is -0.662. The number of carbonyl (C=O) groups is 2. The second-order valence-corrected chi connectivity index (χ2v) is 6.87. The standard InChI is InChI=1S/C20H16FN3O2S/c21-17-9-5-4-8-14(17)15-10-18(25)24-20(16(15)11-22)27-12-19(26)23-13-6-2-1-3-7-13/h1-9,15H,10,12H2,(H,23,26)(H,24,25)/t15-/m1/s1. The SMILES string of the molecule is N#CC1=C(SCC(=O)Nc2ccccc2)NC(=O)C[C@@H]1c1ccccc1F. The molecule has 0 aliphatic carbocycles. The van der Waals surface area contributed by atoms with Crippen LogP contribution in [-0.4, -0.2) is 17.6 Å². The van der Waals surface area contributed by atoms with Crippen molar-refractivity contribution in [1.29, 1.82) is 5.26 Å². The number of rotatable bonds is 5. The highest BCUT2D eigenvalue weighted by Gasteiger charge is 2.31. The molecule has 5 nitrogen and oxygen atoms in total. The maximum Gasteiger partial charge on any atom is 0.234 e. The Balaban J connectivity index is 1.77. The van der Waals surface area contributed by atoms with Gasteiger partial charge in [-0.2, -0.15) is 5.26 Å². The fraction of sp³-hybridized carbons (Fsp3) is 0.150. The minimum absolute atomic E-state index is 0.00982. The number of para-hydroxylation sites is 1. The maximum atomic E-state index is 14.2. The second-order valence-electron chi connectivity index (χ2n) is 5.88. The molecule has 136 valence electrons. The zero-order valence-corrected chi connectivity index (χ0v) is 15.1. The van der Waals surface area contributed by atoms with Crippen LogP contribution in [0.15, 0.2) is 65.2 Å². The second kappa shape index (κ2) is 8.52. The van der Waals surface area contributed by atoms with E-state index in [1.165, 1.54) is 6.07 Å². The molecule has 2 amide bonds. The van der Waals surface area contributed by atoms with E-state index >= 15 is 0 Å². The Morgan fingerprint density at radius 2 is 1.93 bits per heavy atom. The van der Waals surface area contributed by atoms with Gasteiger partial charge in [0.2, 0.25) is 11.8 Å². The van der Waals surface area contributed by atoms with Crippen LogP contribution in [0.2, 0.25) is 0 Å². The summed E-state index contributed by atoms with van der Waals surface area (Å²) in [4.78, 5) is 24.2. The lowest BCUT2D eigenvalue weighted by molar-refractivity contribution is -0.121. The van der Waals surface area contributed by atoms with Crippen molar-refractivity contribution in [1.82, 2.24) is 5.32 Å². The van der Waals surface area contributed by atoms with Gasteiger partial charge in [0.25, 0.3) is 0 Å². The van der Waals surface area contributed by atoms with E-state index in [-0.39, 0.29) is 29.6 Å². The number of nitrogens with zero attached hydrogens (tertiary/aromatic N) is 1. The van der Waals surface area contributed by atoms with Gasteiger partial charge in [-0.3, -0.25) is 9.59 Å². The number of benzene rings is 2. The first-order valence-corrected chi connectivity index (χ1v) is 9.23. The molecule has 0 spiro atoms. The number of thioether (sulfide) groups is 1. The van der Waals surface area contributed by atoms with E-state index in [2.05, 4.69) is 16.7 Å². The van der Waals surface area contributed by atoms with E-state index in [0.717, 1.165) is 11.8 Å². The van der Waals surface area contributed by atoms with Gasteiger partial charge in [0.05, 0.1) is 22.4 Å². The average molecular weight is 381 g/mol. The smallest absolute Gasteiger partial charge is 0.234 e. The molecular weight excluding hydrogens is 365 g/mol. The number of halogens is 1. The Morgan fingerprint density at radius 3 is 2.63 bits per heavy atom. The third-order valence-corrected chi connectivity index (χ3v) is 5.06. The number of nitriles is 1. The Bertz CT molecular complexity index is 938. The molecule has 1 heterocycles. The lowest BCUT2D eigenvalue weighted by Crippen LogP contribution is -2.31. The van der Waals surface area contributed by atoms with Gasteiger partial charge >= 0.3 is 0 Å². The summed E-state index contributed by atoms with van der Waals surface area (Å²) in [5.41, 5.74) is 1.22. The highest BCUT2D eigenvalue weighted by Crippen LogP contribution is 2.36. The molecule has 1 aliphatic rings. The normalized spacial score (nSPS) is 16.4. The summed E-state index contributed by atoms with van der Waals surface area (Å²) in [5.74, 6) is -1.69. The number of allylic oxidation sites excluding steroid dienone is 1. The number of hydrogen-bond acceptors (Lipinski definition) is 4. The van der Waals surface area contributed by atoms with E-state index in [9.17, 15) is 19.2 Å². The number of nitrogens with one attached hydrogen (secondary N) is 2. The topological polar surface area (TPSA) is 82.0 Å². The number of anilines is 1. The molecule has 2 N–H and O–H groups in total. The monoisotopic (exact) mass is 381 g/mol. The van der Waals surface area contributed by atoms with Crippen molar-refractivity contribution in [3.8, 4) is 6.07 Å². The van der Waals surface area contributed by atoms with Crippen molar-refractivity contribution >= 4 is 29.3 Å². The minimum Gasteiger partial charge on any atom is -0.325 e. The Labute approximate surface area is 160 Å². The van der Waals surface area contributed by atoms with Gasteiger partial charge in [0, 0.05) is 18.0 Å². The lowest BCUT2D eigenvalue weighted by atomic mass is 9.87. The predicted octanol–water partition coefficient (Wildman–Crippen LogP) is 3.54. The van der Waals surface area contributed by atoms with Gasteiger partial charge in [0.15, 0.2) is 0 Å². The zero-order chi connectivity index (χ0) is 19.2. The first-order valence-electron chi connectivity index (χ1n) is 8.24. The van der Waals surface area contributed by atoms with Gasteiger partial charge in [-0.05, 0) is 23.8 Å². The number of amides is 2. The molecule has 27 heavy (non-hydrogen) atoms. The van der Waals surface area contributed by atoms with Crippen molar-refractivity contribution in [2.75, 3.05) is 11.1 Å². The number of carbonyl (C=O) groups excluding carboxylic acids is 2. The van der Waals surface area contributed by atoms with Gasteiger partial charge in [-0.15, -0.1) is 0 Å². The highest BCUT2D eigenvalue weighted by atomic mass is 32.2. The van der Waals surface area contributed by atoms with E-state index in [1.54, 1.807) is 42.5 Å². The number of hydrogen-bond donors (Lipinski definition) is 2. The third kappa shape index (κ3) is 4.54. The molecule has 3 rings (SSSR count). The molecule has 0 fully saturated rings. The molecule has 1 atom stereocenters. The van der Waals surface area contributed by atoms with E-state index < -0.39 is 11.7 Å². The van der Waals surface area contributed by atoms with E-state index in [0.29, 0.717) is 16.3 Å². The molecule has 0 saturated carbocycles. The van der Waals surface area contributed by atoms with Crippen LogP contribution in [0.3, 0.4) is 0 Å². The van der Waals surface area contributed by atoms with Gasteiger partial charge in [-0.1, -0.05) is 48.2 Å². The van der Waals surface area contributed by atoms with Crippen LogP contribution in [0.5, 0.6) is 0 Å². The summed E-state index contributed by atoms with van der Waals surface area (Å²) in [7, 11) is 0.